The van der Waals surface area contributed by atoms with Crippen LogP contribution in [0.5, 0.6) is 0 Å². The zero-order chi connectivity index (χ0) is 57.4. The predicted octanol–water partition coefficient (Wildman–Crippen LogP) is 3.92. The summed E-state index contributed by atoms with van der Waals surface area (Å²) < 4.78 is 136. The van der Waals surface area contributed by atoms with Gasteiger partial charge in [-0.25, -0.2) is 0 Å². The van der Waals surface area contributed by atoms with Crippen LogP contribution in [0.2, 0.25) is 0 Å². The molecular weight excluding hydrogens is 1120 g/mol. The van der Waals surface area contributed by atoms with E-state index in [1.54, 1.807) is 0 Å². The zero-order valence-corrected chi connectivity index (χ0v) is 56.7. The molecule has 30 heteroatoms. The van der Waals surface area contributed by atoms with E-state index in [4.69, 9.17) is 93.9 Å². The highest BCUT2D eigenvalue weighted by molar-refractivity contribution is 6.64. The third-order valence-corrected chi connectivity index (χ3v) is 30.1. The van der Waals surface area contributed by atoms with Crippen LogP contribution in [0, 0.1) is 0 Å². The average molecular weight is 1230 g/mol. The first-order chi connectivity index (χ1) is 37.7. The molecular formula is C48H107N3O21Si6. The summed E-state index contributed by atoms with van der Waals surface area (Å²) >= 11 is 0. The first-order valence-electron chi connectivity index (χ1n) is 29.2. The van der Waals surface area contributed by atoms with Crippen molar-refractivity contribution in [1.82, 2.24) is 14.7 Å². The Kier molecular flexibility index (Phi) is 36.4. The normalized spacial score (nSPS) is 22.1. The zero-order valence-electron chi connectivity index (χ0n) is 50.7. The Morgan fingerprint density at radius 2 is 0.577 bits per heavy atom. The number of nitrogens with zero attached hydrogens (tertiary/aromatic N) is 3. The molecule has 3 heterocycles. The molecule has 3 aliphatic rings. The Labute approximate surface area is 476 Å². The summed E-state index contributed by atoms with van der Waals surface area (Å²) in [5.74, 6) is 0. The molecule has 0 bridgehead atoms. The van der Waals surface area contributed by atoms with Crippen molar-refractivity contribution in [1.29, 1.82) is 0 Å². The quantitative estimate of drug-likeness (QED) is 0.0793. The van der Waals surface area contributed by atoms with E-state index in [9.17, 15) is 0 Å². The summed E-state index contributed by atoms with van der Waals surface area (Å²) in [5.41, 5.74) is 0. The Morgan fingerprint density at radius 3 is 0.795 bits per heavy atom. The van der Waals surface area contributed by atoms with E-state index >= 15 is 0 Å². The smallest absolute Gasteiger partial charge is 0.376 e. The molecule has 3 aliphatic heterocycles. The molecule has 3 unspecified atom stereocenters. The first kappa shape index (κ1) is 72.6. The molecule has 0 aromatic rings. The van der Waals surface area contributed by atoms with E-state index in [2.05, 4.69) is 14.7 Å². The van der Waals surface area contributed by atoms with Gasteiger partial charge in [-0.1, -0.05) is 0 Å². The third-order valence-electron chi connectivity index (χ3n) is 12.1. The van der Waals surface area contributed by atoms with Crippen molar-refractivity contribution >= 4 is 52.8 Å². The average Bonchev–Trinajstić information content (AvgIpc) is 3.37. The second-order valence-corrected chi connectivity index (χ2v) is 33.5. The fourth-order valence-electron chi connectivity index (χ4n) is 10.0. The van der Waals surface area contributed by atoms with Gasteiger partial charge in [0.1, 0.15) is 6.10 Å². The molecule has 3 rings (SSSR count). The molecule has 3 atom stereocenters. The predicted molar refractivity (Wildman–Crippen MR) is 304 cm³/mol. The summed E-state index contributed by atoms with van der Waals surface area (Å²) in [6, 6.07) is 0. The van der Waals surface area contributed by atoms with Crippen molar-refractivity contribution in [3.63, 3.8) is 0 Å². The highest BCUT2D eigenvalue weighted by atomic mass is 28.4. The molecule has 0 radical (unpaired) electrons. The van der Waals surface area contributed by atoms with Crippen LogP contribution in [0.25, 0.3) is 0 Å². The molecule has 3 saturated heterocycles. The summed E-state index contributed by atoms with van der Waals surface area (Å²) in [6.45, 7) is 38.3. The molecule has 464 valence electrons. The molecule has 78 heavy (non-hydrogen) atoms. The minimum atomic E-state index is -3.27. The lowest BCUT2D eigenvalue weighted by molar-refractivity contribution is -0.119. The van der Waals surface area contributed by atoms with E-state index < -0.39 is 77.2 Å². The van der Waals surface area contributed by atoms with Gasteiger partial charge in [0.05, 0.1) is 88.4 Å². The standard InChI is InChI=1S/C48H107N3O21Si6/c1-16-55-73(56-17-2,57-18-3)39-49-31-45(70-76(42-49,64-25-10)65-26-11)34-52-36-48(54-38-47-33-51(44-78(72-47,68-29-14)69-30-15)41-75(61-22-7,62-23-8)63-24-9)37-53-35-46-32-50(43-77(71-46,66-27-12)67-28-13)40-74(58-19-4,59-20-5)60-21-6/h45-48H,16-44H2,1-15H3. The lowest BCUT2D eigenvalue weighted by Crippen LogP contribution is -2.67. The molecule has 0 aliphatic carbocycles. The van der Waals surface area contributed by atoms with Crippen molar-refractivity contribution in [2.24, 2.45) is 0 Å². The lowest BCUT2D eigenvalue weighted by atomic mass is 10.3. The topological polar surface area (TPSA) is 204 Å². The molecule has 0 N–H and O–H groups in total. The van der Waals surface area contributed by atoms with Gasteiger partial charge in [0.2, 0.25) is 0 Å². The Balaban J connectivity index is 1.99. The molecule has 0 amide bonds. The SMILES string of the molecule is CCO[Si](CN1CC(COCC(COCC2CN(C[Si](OCC)(OCC)OCC)C[Si](OCC)(OCC)O2)OCC2CN(C[Si](OCC)(OCC)OCC)C[Si](OCC)(OCC)O2)O[Si](OCC)(OCC)C1)(OCC)OCC. The summed E-state index contributed by atoms with van der Waals surface area (Å²) in [6.07, 6.45) is 0.760. The van der Waals surface area contributed by atoms with E-state index in [0.717, 1.165) is 0 Å². The van der Waals surface area contributed by atoms with Gasteiger partial charge >= 0.3 is 52.8 Å². The summed E-state index contributed by atoms with van der Waals surface area (Å²) in [5, 5.41) is 0. The van der Waals surface area contributed by atoms with Gasteiger partial charge < -0.3 is 93.9 Å². The van der Waals surface area contributed by atoms with E-state index in [1.165, 1.54) is 0 Å². The van der Waals surface area contributed by atoms with Crippen LogP contribution >= 0.6 is 0 Å². The van der Waals surface area contributed by atoms with Crippen molar-refractivity contribution < 1.29 is 93.9 Å². The second kappa shape index (κ2) is 39.1. The fraction of sp³-hybridized carbons (Fsp3) is 1.00. The van der Waals surface area contributed by atoms with Gasteiger partial charge in [0, 0.05) is 119 Å². The largest absolute Gasteiger partial charge is 0.516 e. The maximum atomic E-state index is 6.86. The maximum Gasteiger partial charge on any atom is 0.516 e. The second-order valence-electron chi connectivity index (χ2n) is 18.4. The highest BCUT2D eigenvalue weighted by Gasteiger charge is 2.56. The molecule has 24 nitrogen and oxygen atoms in total. The molecule has 3 fully saturated rings. The van der Waals surface area contributed by atoms with Crippen LogP contribution in [0.1, 0.15) is 104 Å². The highest BCUT2D eigenvalue weighted by Crippen LogP contribution is 2.28. The van der Waals surface area contributed by atoms with Crippen molar-refractivity contribution in [3.8, 4) is 0 Å². The third kappa shape index (κ3) is 24.0. The maximum absolute atomic E-state index is 6.86. The van der Waals surface area contributed by atoms with E-state index in [0.29, 0.717) is 156 Å². The van der Waals surface area contributed by atoms with Gasteiger partial charge in [-0.2, -0.15) is 0 Å². The lowest BCUT2D eigenvalue weighted by Gasteiger charge is -2.44. The number of ether oxygens (including phenoxy) is 3. The Hall–Kier alpha value is 0.341. The van der Waals surface area contributed by atoms with Gasteiger partial charge in [-0.05, 0) is 104 Å². The minimum Gasteiger partial charge on any atom is -0.376 e. The first-order valence-corrected chi connectivity index (χ1v) is 40.8. The molecule has 0 aromatic carbocycles. The number of hydrogen-bond acceptors (Lipinski definition) is 24. The van der Waals surface area contributed by atoms with Gasteiger partial charge in [-0.15, -0.1) is 0 Å². The molecule has 0 spiro atoms. The van der Waals surface area contributed by atoms with Crippen LogP contribution < -0.4 is 0 Å². The Bertz CT molecular complexity index is 1400. The van der Waals surface area contributed by atoms with E-state index in [-0.39, 0.29) is 33.0 Å². The van der Waals surface area contributed by atoms with Gasteiger partial charge in [0.25, 0.3) is 0 Å². The summed E-state index contributed by atoms with van der Waals surface area (Å²) in [4.78, 5) is 6.72. The summed E-state index contributed by atoms with van der Waals surface area (Å²) in [7, 11) is -19.1. The van der Waals surface area contributed by atoms with Crippen LogP contribution in [0.4, 0.5) is 0 Å². The Morgan fingerprint density at radius 1 is 0.346 bits per heavy atom. The molecule has 0 aromatic heterocycles. The van der Waals surface area contributed by atoms with Crippen molar-refractivity contribution in [2.75, 3.05) is 189 Å². The number of hydrogen-bond donors (Lipinski definition) is 0. The van der Waals surface area contributed by atoms with Gasteiger partial charge in [0.15, 0.2) is 0 Å². The fourth-order valence-corrected chi connectivity index (χ4v) is 27.0. The van der Waals surface area contributed by atoms with Crippen LogP contribution in [0.15, 0.2) is 0 Å². The molecule has 0 saturated carbocycles. The van der Waals surface area contributed by atoms with E-state index in [1.807, 2.05) is 104 Å². The van der Waals surface area contributed by atoms with Crippen molar-refractivity contribution in [2.45, 2.75) is 128 Å². The minimum absolute atomic E-state index is 0.150. The van der Waals surface area contributed by atoms with Crippen LogP contribution in [-0.4, -0.2) is 281 Å². The number of rotatable bonds is 47. The van der Waals surface area contributed by atoms with Crippen LogP contribution in [-0.2, 0) is 93.9 Å². The van der Waals surface area contributed by atoms with Gasteiger partial charge in [-0.3, -0.25) is 14.7 Å². The monoisotopic (exact) mass is 1230 g/mol. The van der Waals surface area contributed by atoms with Crippen molar-refractivity contribution in [3.05, 3.63) is 0 Å². The van der Waals surface area contributed by atoms with Crippen LogP contribution in [0.3, 0.4) is 0 Å².